The standard InChI is InChI=1S/C19H25N3O2S/c1-11(2)14-7-6-8-15(12(3)4)17(14)22-18(24)13(5)25-19-20-10-9-16(23)21-19/h6-13H,1-5H3,(H,22,24)(H,20,21,23). The van der Waals surface area contributed by atoms with Crippen molar-refractivity contribution in [1.82, 2.24) is 9.97 Å². The first kappa shape index (κ1) is 19.2. The van der Waals surface area contributed by atoms with Crippen LogP contribution in [0.2, 0.25) is 0 Å². The average molecular weight is 359 g/mol. The lowest BCUT2D eigenvalue weighted by Crippen LogP contribution is -2.25. The Bertz CT molecular complexity index is 773. The fourth-order valence-corrected chi connectivity index (χ4v) is 3.34. The van der Waals surface area contributed by atoms with Gasteiger partial charge < -0.3 is 10.3 Å². The monoisotopic (exact) mass is 359 g/mol. The number of para-hydroxylation sites is 1. The third-order valence-corrected chi connectivity index (χ3v) is 4.92. The predicted molar refractivity (Wildman–Crippen MR) is 103 cm³/mol. The van der Waals surface area contributed by atoms with Crippen LogP contribution >= 0.6 is 11.8 Å². The van der Waals surface area contributed by atoms with Gasteiger partial charge in [-0.3, -0.25) is 9.59 Å². The summed E-state index contributed by atoms with van der Waals surface area (Å²) in [6.45, 7) is 10.3. The molecule has 5 nitrogen and oxygen atoms in total. The summed E-state index contributed by atoms with van der Waals surface area (Å²) in [6, 6.07) is 7.50. The van der Waals surface area contributed by atoms with E-state index in [2.05, 4.69) is 55.1 Å². The lowest BCUT2D eigenvalue weighted by atomic mass is 9.92. The number of anilines is 1. The Hall–Kier alpha value is -2.08. The summed E-state index contributed by atoms with van der Waals surface area (Å²) in [5.74, 6) is 0.514. The number of nitrogens with one attached hydrogen (secondary N) is 2. The molecule has 0 bridgehead atoms. The smallest absolute Gasteiger partial charge is 0.251 e. The van der Waals surface area contributed by atoms with Crippen molar-refractivity contribution < 1.29 is 4.79 Å². The SMILES string of the molecule is CC(Sc1nccc(=O)[nH]1)C(=O)Nc1c(C(C)C)cccc1C(C)C. The maximum Gasteiger partial charge on any atom is 0.251 e. The zero-order valence-electron chi connectivity index (χ0n) is 15.3. The van der Waals surface area contributed by atoms with E-state index in [9.17, 15) is 9.59 Å². The largest absolute Gasteiger partial charge is 0.325 e. The fraction of sp³-hybridized carbons (Fsp3) is 0.421. The zero-order valence-corrected chi connectivity index (χ0v) is 16.1. The van der Waals surface area contributed by atoms with E-state index in [-0.39, 0.29) is 16.7 Å². The highest BCUT2D eigenvalue weighted by Crippen LogP contribution is 2.33. The van der Waals surface area contributed by atoms with Crippen molar-refractivity contribution in [3.63, 3.8) is 0 Å². The van der Waals surface area contributed by atoms with Crippen molar-refractivity contribution in [3.05, 3.63) is 51.9 Å². The molecule has 0 saturated heterocycles. The first-order chi connectivity index (χ1) is 11.8. The molecule has 1 aromatic carbocycles. The highest BCUT2D eigenvalue weighted by molar-refractivity contribution is 8.00. The van der Waals surface area contributed by atoms with Crippen molar-refractivity contribution in [2.45, 2.75) is 56.9 Å². The van der Waals surface area contributed by atoms with Gasteiger partial charge in [0.05, 0.1) is 5.25 Å². The number of H-pyrrole nitrogens is 1. The summed E-state index contributed by atoms with van der Waals surface area (Å²) in [4.78, 5) is 30.8. The molecule has 0 spiro atoms. The number of benzene rings is 1. The number of hydrogen-bond acceptors (Lipinski definition) is 4. The summed E-state index contributed by atoms with van der Waals surface area (Å²) in [6.07, 6.45) is 1.44. The Balaban J connectivity index is 2.23. The highest BCUT2D eigenvalue weighted by atomic mass is 32.2. The normalized spacial score (nSPS) is 12.4. The number of carbonyl (C=O) groups excluding carboxylic acids is 1. The molecule has 1 unspecified atom stereocenters. The van der Waals surface area contributed by atoms with Crippen LogP contribution in [0, 0.1) is 0 Å². The van der Waals surface area contributed by atoms with E-state index in [1.807, 2.05) is 6.07 Å². The molecule has 2 rings (SSSR count). The quantitative estimate of drug-likeness (QED) is 0.600. The zero-order chi connectivity index (χ0) is 18.6. The van der Waals surface area contributed by atoms with E-state index in [1.54, 1.807) is 6.92 Å². The molecule has 1 atom stereocenters. The summed E-state index contributed by atoms with van der Waals surface area (Å²) < 4.78 is 0. The van der Waals surface area contributed by atoms with Crippen molar-refractivity contribution in [2.24, 2.45) is 0 Å². The Morgan fingerprint density at radius 2 is 1.68 bits per heavy atom. The van der Waals surface area contributed by atoms with Crippen LogP contribution in [0.15, 0.2) is 40.4 Å². The molecule has 2 N–H and O–H groups in total. The van der Waals surface area contributed by atoms with Gasteiger partial charge in [-0.2, -0.15) is 0 Å². The van der Waals surface area contributed by atoms with Crippen LogP contribution in [0.1, 0.15) is 57.6 Å². The van der Waals surface area contributed by atoms with E-state index in [1.165, 1.54) is 24.0 Å². The van der Waals surface area contributed by atoms with Crippen LogP contribution in [-0.4, -0.2) is 21.1 Å². The summed E-state index contributed by atoms with van der Waals surface area (Å²) >= 11 is 1.23. The lowest BCUT2D eigenvalue weighted by molar-refractivity contribution is -0.115. The Morgan fingerprint density at radius 3 is 2.20 bits per heavy atom. The van der Waals surface area contributed by atoms with Crippen LogP contribution < -0.4 is 10.9 Å². The van der Waals surface area contributed by atoms with E-state index in [0.29, 0.717) is 17.0 Å². The van der Waals surface area contributed by atoms with Gasteiger partial charge in [-0.1, -0.05) is 57.7 Å². The van der Waals surface area contributed by atoms with Gasteiger partial charge in [-0.25, -0.2) is 4.98 Å². The molecule has 0 fully saturated rings. The number of aromatic nitrogens is 2. The molecule has 0 aliphatic carbocycles. The van der Waals surface area contributed by atoms with Gasteiger partial charge in [0.25, 0.3) is 5.56 Å². The molecule has 1 heterocycles. The van der Waals surface area contributed by atoms with Gasteiger partial charge in [0, 0.05) is 18.0 Å². The maximum absolute atomic E-state index is 12.7. The molecule has 1 amide bonds. The molecule has 0 aliphatic rings. The van der Waals surface area contributed by atoms with E-state index in [4.69, 9.17) is 0 Å². The van der Waals surface area contributed by atoms with E-state index < -0.39 is 0 Å². The van der Waals surface area contributed by atoms with Gasteiger partial charge >= 0.3 is 0 Å². The number of aromatic amines is 1. The molecule has 6 heteroatoms. The van der Waals surface area contributed by atoms with Gasteiger partial charge in [0.1, 0.15) is 0 Å². The summed E-state index contributed by atoms with van der Waals surface area (Å²) in [5.41, 5.74) is 2.93. The molecule has 1 aromatic heterocycles. The second-order valence-corrected chi connectivity index (χ2v) is 7.94. The molecule has 0 aliphatic heterocycles. The van der Waals surface area contributed by atoms with Gasteiger partial charge in [0.2, 0.25) is 5.91 Å². The molecule has 0 saturated carbocycles. The van der Waals surface area contributed by atoms with Gasteiger partial charge in [-0.05, 0) is 29.9 Å². The van der Waals surface area contributed by atoms with Crippen LogP contribution in [0.5, 0.6) is 0 Å². The summed E-state index contributed by atoms with van der Waals surface area (Å²) in [5, 5.41) is 3.15. The molecule has 134 valence electrons. The van der Waals surface area contributed by atoms with Crippen LogP contribution in [0.3, 0.4) is 0 Å². The molecular weight excluding hydrogens is 334 g/mol. The predicted octanol–water partition coefficient (Wildman–Crippen LogP) is 4.14. The lowest BCUT2D eigenvalue weighted by Gasteiger charge is -2.21. The van der Waals surface area contributed by atoms with Crippen LogP contribution in [0.4, 0.5) is 5.69 Å². The number of rotatable bonds is 6. The third kappa shape index (κ3) is 4.95. The highest BCUT2D eigenvalue weighted by Gasteiger charge is 2.20. The van der Waals surface area contributed by atoms with Gasteiger partial charge in [0.15, 0.2) is 5.16 Å². The number of hydrogen-bond donors (Lipinski definition) is 2. The average Bonchev–Trinajstić information content (AvgIpc) is 2.54. The molecule has 0 radical (unpaired) electrons. The second-order valence-electron chi connectivity index (χ2n) is 6.61. The maximum atomic E-state index is 12.7. The Labute approximate surface area is 152 Å². The number of nitrogens with zero attached hydrogens (tertiary/aromatic N) is 1. The van der Waals surface area contributed by atoms with Gasteiger partial charge in [-0.15, -0.1) is 0 Å². The van der Waals surface area contributed by atoms with Crippen molar-refractivity contribution in [2.75, 3.05) is 5.32 Å². The fourth-order valence-electron chi connectivity index (χ4n) is 2.55. The topological polar surface area (TPSA) is 74.8 Å². The minimum Gasteiger partial charge on any atom is -0.325 e. The first-order valence-corrected chi connectivity index (χ1v) is 9.33. The third-order valence-electron chi connectivity index (χ3n) is 3.93. The van der Waals surface area contributed by atoms with Crippen molar-refractivity contribution >= 4 is 23.4 Å². The number of carbonyl (C=O) groups is 1. The summed E-state index contributed by atoms with van der Waals surface area (Å²) in [7, 11) is 0. The van der Waals surface area contributed by atoms with Crippen LogP contribution in [0.25, 0.3) is 0 Å². The van der Waals surface area contributed by atoms with Crippen molar-refractivity contribution in [3.8, 4) is 0 Å². The first-order valence-electron chi connectivity index (χ1n) is 8.45. The number of thioether (sulfide) groups is 1. The molecule has 25 heavy (non-hydrogen) atoms. The minimum atomic E-state index is -0.384. The van der Waals surface area contributed by atoms with E-state index >= 15 is 0 Å². The molecular formula is C19H25N3O2S. The Morgan fingerprint density at radius 1 is 1.08 bits per heavy atom. The van der Waals surface area contributed by atoms with Crippen LogP contribution in [-0.2, 0) is 4.79 Å². The minimum absolute atomic E-state index is 0.105. The molecule has 2 aromatic rings. The second kappa shape index (κ2) is 8.34. The van der Waals surface area contributed by atoms with Crippen molar-refractivity contribution in [1.29, 1.82) is 0 Å². The van der Waals surface area contributed by atoms with E-state index in [0.717, 1.165) is 16.8 Å². The number of amides is 1. The Kier molecular flexibility index (Phi) is 6.42.